The van der Waals surface area contributed by atoms with E-state index in [0.29, 0.717) is 11.4 Å². The van der Waals surface area contributed by atoms with Gasteiger partial charge in [-0.15, -0.1) is 0 Å². The fourth-order valence-electron chi connectivity index (χ4n) is 2.16. The van der Waals surface area contributed by atoms with Crippen LogP contribution in [0.3, 0.4) is 0 Å². The highest BCUT2D eigenvalue weighted by Gasteiger charge is 2.20. The van der Waals surface area contributed by atoms with Crippen LogP contribution in [-0.4, -0.2) is 27.1 Å². The van der Waals surface area contributed by atoms with Crippen LogP contribution in [0.1, 0.15) is 12.5 Å². The number of benzene rings is 2. The molecule has 0 aliphatic carbocycles. The number of hydrogen-bond acceptors (Lipinski definition) is 3. The highest BCUT2D eigenvalue weighted by Crippen LogP contribution is 2.19. The van der Waals surface area contributed by atoms with Crippen LogP contribution in [0.5, 0.6) is 0 Å². The van der Waals surface area contributed by atoms with Gasteiger partial charge in [0.2, 0.25) is 15.9 Å². The summed E-state index contributed by atoms with van der Waals surface area (Å²) in [5.41, 5.74) is 1.89. The largest absolute Gasteiger partial charge is 0.325 e. The Morgan fingerprint density at radius 1 is 1.08 bits per heavy atom. The zero-order valence-corrected chi connectivity index (χ0v) is 14.3. The van der Waals surface area contributed by atoms with Crippen molar-refractivity contribution in [3.05, 3.63) is 59.9 Å². The van der Waals surface area contributed by atoms with E-state index in [9.17, 15) is 17.6 Å². The van der Waals surface area contributed by atoms with E-state index >= 15 is 0 Å². The molecule has 2 rings (SSSR count). The fraction of sp³-hybridized carbons (Fsp3) is 0.235. The number of hydrogen-bond donors (Lipinski definition) is 1. The minimum absolute atomic E-state index is 0.359. The van der Waals surface area contributed by atoms with Crippen LogP contribution in [0.25, 0.3) is 0 Å². The molecule has 0 spiro atoms. The number of nitrogens with one attached hydrogen (secondary N) is 1. The van der Waals surface area contributed by atoms with Gasteiger partial charge in [-0.05, 0) is 48.4 Å². The molecule has 2 aromatic rings. The van der Waals surface area contributed by atoms with E-state index in [1.54, 1.807) is 12.1 Å². The molecular weight excluding hydrogens is 331 g/mol. The van der Waals surface area contributed by atoms with E-state index in [0.717, 1.165) is 22.5 Å². The number of carbonyl (C=O) groups is 1. The van der Waals surface area contributed by atoms with E-state index in [2.05, 4.69) is 5.32 Å². The van der Waals surface area contributed by atoms with E-state index in [1.807, 2.05) is 19.1 Å². The van der Waals surface area contributed by atoms with Gasteiger partial charge in [-0.2, -0.15) is 0 Å². The summed E-state index contributed by atoms with van der Waals surface area (Å²) in [6.07, 6.45) is 1.89. The Morgan fingerprint density at radius 3 is 2.17 bits per heavy atom. The number of rotatable bonds is 6. The van der Waals surface area contributed by atoms with Crippen molar-refractivity contribution in [3.8, 4) is 0 Å². The number of carbonyl (C=O) groups excluding carboxylic acids is 1. The van der Waals surface area contributed by atoms with Crippen LogP contribution in [0, 0.1) is 5.82 Å². The summed E-state index contributed by atoms with van der Waals surface area (Å²) in [6, 6.07) is 12.2. The second kappa shape index (κ2) is 7.44. The summed E-state index contributed by atoms with van der Waals surface area (Å²) in [7, 11) is -3.62. The smallest absolute Gasteiger partial charge is 0.245 e. The third-order valence-electron chi connectivity index (χ3n) is 3.45. The predicted octanol–water partition coefficient (Wildman–Crippen LogP) is 2.79. The molecule has 2 aromatic carbocycles. The molecule has 0 aliphatic rings. The van der Waals surface area contributed by atoms with Gasteiger partial charge in [-0.3, -0.25) is 9.10 Å². The number of aryl methyl sites for hydroxylation is 1. The Morgan fingerprint density at radius 2 is 1.67 bits per heavy atom. The maximum absolute atomic E-state index is 12.9. The Hall–Kier alpha value is -2.41. The average molecular weight is 350 g/mol. The minimum atomic E-state index is -3.62. The third kappa shape index (κ3) is 4.79. The lowest BCUT2D eigenvalue weighted by molar-refractivity contribution is -0.114. The topological polar surface area (TPSA) is 66.5 Å². The molecule has 0 fully saturated rings. The zero-order valence-electron chi connectivity index (χ0n) is 13.5. The number of halogens is 1. The molecule has 5 nitrogen and oxygen atoms in total. The molecule has 0 heterocycles. The van der Waals surface area contributed by atoms with Gasteiger partial charge in [-0.25, -0.2) is 12.8 Å². The molecular formula is C17H19FN2O3S. The first kappa shape index (κ1) is 17.9. The monoisotopic (exact) mass is 350 g/mol. The normalized spacial score (nSPS) is 11.1. The van der Waals surface area contributed by atoms with Crippen LogP contribution in [0.15, 0.2) is 48.5 Å². The van der Waals surface area contributed by atoms with Gasteiger partial charge >= 0.3 is 0 Å². The second-order valence-corrected chi connectivity index (χ2v) is 7.25. The van der Waals surface area contributed by atoms with Gasteiger partial charge in [0, 0.05) is 5.69 Å². The molecule has 0 unspecified atom stereocenters. The van der Waals surface area contributed by atoms with Crippen molar-refractivity contribution in [2.24, 2.45) is 0 Å². The molecule has 24 heavy (non-hydrogen) atoms. The van der Waals surface area contributed by atoms with Crippen molar-refractivity contribution in [2.75, 3.05) is 22.4 Å². The Balaban J connectivity index is 2.16. The number of sulfonamides is 1. The first-order valence-corrected chi connectivity index (χ1v) is 9.26. The fourth-order valence-corrected chi connectivity index (χ4v) is 3.02. The van der Waals surface area contributed by atoms with Crippen LogP contribution in [-0.2, 0) is 21.2 Å². The van der Waals surface area contributed by atoms with Gasteiger partial charge in [0.1, 0.15) is 12.4 Å². The summed E-state index contributed by atoms with van der Waals surface area (Å²) in [5.74, 6) is -0.923. The average Bonchev–Trinajstić information content (AvgIpc) is 2.54. The quantitative estimate of drug-likeness (QED) is 0.871. The van der Waals surface area contributed by atoms with Gasteiger partial charge in [0.15, 0.2) is 0 Å². The van der Waals surface area contributed by atoms with Crippen molar-refractivity contribution < 1.29 is 17.6 Å². The molecule has 0 saturated carbocycles. The standard InChI is InChI=1S/C17H19FN2O3S/c1-3-13-4-10-16(11-5-13)20(24(2,22)23)12-17(21)19-15-8-6-14(18)7-9-15/h4-11H,3,12H2,1-2H3,(H,19,21). The highest BCUT2D eigenvalue weighted by atomic mass is 32.2. The van der Waals surface area contributed by atoms with Gasteiger partial charge in [0.05, 0.1) is 11.9 Å². The van der Waals surface area contributed by atoms with Crippen molar-refractivity contribution in [1.29, 1.82) is 0 Å². The Kier molecular flexibility index (Phi) is 5.56. The van der Waals surface area contributed by atoms with E-state index < -0.39 is 21.7 Å². The maximum atomic E-state index is 12.9. The molecule has 1 amide bonds. The number of amides is 1. The lowest BCUT2D eigenvalue weighted by atomic mass is 10.1. The SMILES string of the molecule is CCc1ccc(N(CC(=O)Nc2ccc(F)cc2)S(C)(=O)=O)cc1. The van der Waals surface area contributed by atoms with Crippen molar-refractivity contribution in [2.45, 2.75) is 13.3 Å². The summed E-state index contributed by atoms with van der Waals surface area (Å²) < 4.78 is 37.9. The van der Waals surface area contributed by atoms with Crippen molar-refractivity contribution >= 4 is 27.3 Å². The zero-order chi connectivity index (χ0) is 17.7. The van der Waals surface area contributed by atoms with Gasteiger partial charge < -0.3 is 5.32 Å². The van der Waals surface area contributed by atoms with Crippen molar-refractivity contribution in [1.82, 2.24) is 0 Å². The van der Waals surface area contributed by atoms with E-state index in [4.69, 9.17) is 0 Å². The molecule has 128 valence electrons. The molecule has 1 N–H and O–H groups in total. The Bertz CT molecular complexity index is 803. The number of anilines is 2. The van der Waals surface area contributed by atoms with E-state index in [-0.39, 0.29) is 6.54 Å². The lowest BCUT2D eigenvalue weighted by Crippen LogP contribution is -2.37. The number of nitrogens with zero attached hydrogens (tertiary/aromatic N) is 1. The minimum Gasteiger partial charge on any atom is -0.325 e. The molecule has 0 radical (unpaired) electrons. The lowest BCUT2D eigenvalue weighted by Gasteiger charge is -2.22. The molecule has 0 aliphatic heterocycles. The Labute approximate surface area is 141 Å². The maximum Gasteiger partial charge on any atom is 0.245 e. The van der Waals surface area contributed by atoms with Crippen LogP contribution in [0.4, 0.5) is 15.8 Å². The summed E-state index contributed by atoms with van der Waals surface area (Å²) >= 11 is 0. The van der Waals surface area contributed by atoms with Crippen molar-refractivity contribution in [3.63, 3.8) is 0 Å². The molecule has 7 heteroatoms. The summed E-state index contributed by atoms with van der Waals surface area (Å²) in [4.78, 5) is 12.1. The van der Waals surface area contributed by atoms with Gasteiger partial charge in [0.25, 0.3) is 0 Å². The second-order valence-electron chi connectivity index (χ2n) is 5.34. The predicted molar refractivity (Wildman–Crippen MR) is 93.0 cm³/mol. The van der Waals surface area contributed by atoms with Crippen LogP contribution in [0.2, 0.25) is 0 Å². The van der Waals surface area contributed by atoms with Crippen LogP contribution < -0.4 is 9.62 Å². The highest BCUT2D eigenvalue weighted by molar-refractivity contribution is 7.92. The molecule has 0 aromatic heterocycles. The van der Waals surface area contributed by atoms with Gasteiger partial charge in [-0.1, -0.05) is 19.1 Å². The molecule has 0 saturated heterocycles. The molecule has 0 atom stereocenters. The first-order chi connectivity index (χ1) is 11.3. The summed E-state index contributed by atoms with van der Waals surface area (Å²) in [5, 5.41) is 2.55. The first-order valence-electron chi connectivity index (χ1n) is 7.41. The van der Waals surface area contributed by atoms with E-state index in [1.165, 1.54) is 24.3 Å². The van der Waals surface area contributed by atoms with Crippen LogP contribution >= 0.6 is 0 Å². The molecule has 0 bridgehead atoms. The summed E-state index contributed by atoms with van der Waals surface area (Å²) in [6.45, 7) is 1.64. The third-order valence-corrected chi connectivity index (χ3v) is 4.59.